The number of nitrogens with zero attached hydrogens (tertiary/aromatic N) is 2. The van der Waals surface area contributed by atoms with Gasteiger partial charge < -0.3 is 10.8 Å². The second kappa shape index (κ2) is 6.40. The number of sulfonamides is 1. The number of hydrogen-bond donors (Lipinski definition) is 2. The molecule has 3 N–H and O–H groups in total. The van der Waals surface area contributed by atoms with E-state index in [1.807, 2.05) is 4.90 Å². The Morgan fingerprint density at radius 2 is 1.90 bits per heavy atom. The molecule has 0 saturated carbocycles. The first-order chi connectivity index (χ1) is 9.45. The minimum Gasteiger partial charge on any atom is -0.398 e. The summed E-state index contributed by atoms with van der Waals surface area (Å²) < 4.78 is 27.3. The van der Waals surface area contributed by atoms with Crippen LogP contribution in [0.5, 0.6) is 0 Å². The van der Waals surface area contributed by atoms with Crippen molar-refractivity contribution < 1.29 is 13.5 Å². The highest BCUT2D eigenvalue weighted by molar-refractivity contribution is 9.10. The van der Waals surface area contributed by atoms with Crippen LogP contribution in [0, 0.1) is 0 Å². The van der Waals surface area contributed by atoms with Crippen LogP contribution < -0.4 is 5.73 Å². The zero-order chi connectivity index (χ0) is 14.8. The molecule has 8 heteroatoms. The maximum atomic E-state index is 12.5. The molecule has 1 saturated heterocycles. The number of benzene rings is 1. The van der Waals surface area contributed by atoms with Crippen LogP contribution in [0.4, 0.5) is 5.69 Å². The average molecular weight is 364 g/mol. The largest absolute Gasteiger partial charge is 0.398 e. The van der Waals surface area contributed by atoms with Crippen LogP contribution in [0.1, 0.15) is 0 Å². The van der Waals surface area contributed by atoms with E-state index in [1.54, 1.807) is 12.1 Å². The van der Waals surface area contributed by atoms with E-state index in [0.717, 1.165) is 4.47 Å². The predicted octanol–water partition coefficient (Wildman–Crippen LogP) is 0.330. The number of β-amino-alcohol motifs (C(OH)–C–C–N with tert-alkyl or cyclic N) is 1. The molecule has 0 aromatic heterocycles. The molecular weight excluding hydrogens is 346 g/mol. The maximum absolute atomic E-state index is 12.5. The zero-order valence-corrected chi connectivity index (χ0v) is 13.4. The van der Waals surface area contributed by atoms with Crippen LogP contribution >= 0.6 is 15.9 Å². The first-order valence-electron chi connectivity index (χ1n) is 6.33. The van der Waals surface area contributed by atoms with Crippen LogP contribution in [-0.2, 0) is 10.0 Å². The molecule has 1 aromatic carbocycles. The number of hydrogen-bond acceptors (Lipinski definition) is 5. The lowest BCUT2D eigenvalue weighted by Gasteiger charge is -2.33. The first kappa shape index (κ1) is 15.7. The second-order valence-corrected chi connectivity index (χ2v) is 7.47. The molecule has 112 valence electrons. The molecule has 1 fully saturated rings. The monoisotopic (exact) mass is 363 g/mol. The van der Waals surface area contributed by atoms with Crippen LogP contribution in [0.3, 0.4) is 0 Å². The lowest BCUT2D eigenvalue weighted by Crippen LogP contribution is -2.49. The van der Waals surface area contributed by atoms with E-state index in [9.17, 15) is 8.42 Å². The summed E-state index contributed by atoms with van der Waals surface area (Å²) in [6, 6.07) is 4.79. The van der Waals surface area contributed by atoms with Gasteiger partial charge in [-0.15, -0.1) is 0 Å². The fourth-order valence-corrected chi connectivity index (χ4v) is 4.13. The van der Waals surface area contributed by atoms with E-state index >= 15 is 0 Å². The number of rotatable bonds is 4. The third-order valence-electron chi connectivity index (χ3n) is 3.34. The Bertz CT molecular complexity index is 571. The Morgan fingerprint density at radius 1 is 1.25 bits per heavy atom. The fraction of sp³-hybridized carbons (Fsp3) is 0.500. The van der Waals surface area contributed by atoms with Crippen LogP contribution in [-0.4, -0.2) is 62.1 Å². The summed E-state index contributed by atoms with van der Waals surface area (Å²) in [5.74, 6) is 0. The standard InChI is InChI=1S/C12H18BrN3O3S/c13-10-1-2-12(11(14)9-10)20(18,19)16-5-3-15(4-6-16)7-8-17/h1-2,9,17H,3-8,14H2. The highest BCUT2D eigenvalue weighted by atomic mass is 79.9. The summed E-state index contributed by atoms with van der Waals surface area (Å²) in [7, 11) is -3.55. The molecule has 0 aliphatic carbocycles. The summed E-state index contributed by atoms with van der Waals surface area (Å²) >= 11 is 3.27. The number of anilines is 1. The maximum Gasteiger partial charge on any atom is 0.245 e. The summed E-state index contributed by atoms with van der Waals surface area (Å²) in [4.78, 5) is 2.19. The topological polar surface area (TPSA) is 86.9 Å². The zero-order valence-electron chi connectivity index (χ0n) is 11.0. The van der Waals surface area contributed by atoms with E-state index in [2.05, 4.69) is 15.9 Å². The normalized spacial score (nSPS) is 18.3. The average Bonchev–Trinajstić information content (AvgIpc) is 2.39. The molecule has 20 heavy (non-hydrogen) atoms. The minimum absolute atomic E-state index is 0.0897. The molecule has 2 rings (SSSR count). The van der Waals surface area contributed by atoms with E-state index in [4.69, 9.17) is 10.8 Å². The Balaban J connectivity index is 2.15. The molecule has 1 aromatic rings. The molecule has 0 atom stereocenters. The number of nitrogen functional groups attached to an aromatic ring is 1. The van der Waals surface area contributed by atoms with Crippen molar-refractivity contribution >= 4 is 31.6 Å². The molecule has 0 spiro atoms. The van der Waals surface area contributed by atoms with Gasteiger partial charge in [-0.2, -0.15) is 4.31 Å². The fourth-order valence-electron chi connectivity index (χ4n) is 2.23. The van der Waals surface area contributed by atoms with Crippen molar-refractivity contribution in [3.05, 3.63) is 22.7 Å². The first-order valence-corrected chi connectivity index (χ1v) is 8.57. The number of aliphatic hydroxyl groups excluding tert-OH is 1. The van der Waals surface area contributed by atoms with Gasteiger partial charge in [-0.05, 0) is 18.2 Å². The van der Waals surface area contributed by atoms with Crippen LogP contribution in [0.15, 0.2) is 27.6 Å². The minimum atomic E-state index is -3.55. The molecule has 0 amide bonds. The van der Waals surface area contributed by atoms with Crippen molar-refractivity contribution in [2.24, 2.45) is 0 Å². The molecule has 1 aliphatic heterocycles. The van der Waals surface area contributed by atoms with E-state index in [1.165, 1.54) is 10.4 Å². The highest BCUT2D eigenvalue weighted by Gasteiger charge is 2.29. The Kier molecular flexibility index (Phi) is 5.03. The van der Waals surface area contributed by atoms with Gasteiger partial charge in [0.2, 0.25) is 10.0 Å². The number of piperazine rings is 1. The van der Waals surface area contributed by atoms with Gasteiger partial charge in [0.15, 0.2) is 0 Å². The Labute approximate surface area is 127 Å². The van der Waals surface area contributed by atoms with Crippen molar-refractivity contribution in [2.75, 3.05) is 45.1 Å². The van der Waals surface area contributed by atoms with Gasteiger partial charge in [0.1, 0.15) is 4.90 Å². The summed E-state index contributed by atoms with van der Waals surface area (Å²) in [5.41, 5.74) is 6.06. The van der Waals surface area contributed by atoms with Gasteiger partial charge in [-0.3, -0.25) is 4.90 Å². The Hall–Kier alpha value is -0.670. The molecule has 0 bridgehead atoms. The quantitative estimate of drug-likeness (QED) is 0.752. The van der Waals surface area contributed by atoms with Gasteiger partial charge in [0.25, 0.3) is 0 Å². The third kappa shape index (κ3) is 3.32. The van der Waals surface area contributed by atoms with Gasteiger partial charge >= 0.3 is 0 Å². The smallest absolute Gasteiger partial charge is 0.245 e. The third-order valence-corrected chi connectivity index (χ3v) is 5.80. The van der Waals surface area contributed by atoms with Crippen LogP contribution in [0.2, 0.25) is 0 Å². The van der Waals surface area contributed by atoms with E-state index in [-0.39, 0.29) is 17.2 Å². The second-order valence-electron chi connectivity index (χ2n) is 4.65. The molecule has 1 aliphatic rings. The number of nitrogens with two attached hydrogens (primary N) is 1. The van der Waals surface area contributed by atoms with Gasteiger partial charge in [0.05, 0.1) is 12.3 Å². The summed E-state index contributed by atoms with van der Waals surface area (Å²) in [6.07, 6.45) is 0. The SMILES string of the molecule is Nc1cc(Br)ccc1S(=O)(=O)N1CCN(CCO)CC1. The molecule has 0 unspecified atom stereocenters. The van der Waals surface area contributed by atoms with Crippen LogP contribution in [0.25, 0.3) is 0 Å². The van der Waals surface area contributed by atoms with Crippen molar-refractivity contribution in [1.82, 2.24) is 9.21 Å². The van der Waals surface area contributed by atoms with Gasteiger partial charge in [-0.25, -0.2) is 8.42 Å². The van der Waals surface area contributed by atoms with Crippen molar-refractivity contribution in [3.63, 3.8) is 0 Å². The lowest BCUT2D eigenvalue weighted by atomic mass is 10.3. The number of aliphatic hydroxyl groups is 1. The highest BCUT2D eigenvalue weighted by Crippen LogP contribution is 2.26. The molecule has 0 radical (unpaired) electrons. The molecular formula is C12H18BrN3O3S. The Morgan fingerprint density at radius 3 is 2.45 bits per heavy atom. The molecule has 6 nitrogen and oxygen atoms in total. The van der Waals surface area contributed by atoms with Gasteiger partial charge in [-0.1, -0.05) is 15.9 Å². The van der Waals surface area contributed by atoms with Crippen molar-refractivity contribution in [1.29, 1.82) is 0 Å². The van der Waals surface area contributed by atoms with Crippen molar-refractivity contribution in [2.45, 2.75) is 4.90 Å². The van der Waals surface area contributed by atoms with E-state index < -0.39 is 10.0 Å². The predicted molar refractivity (Wildman–Crippen MR) is 80.8 cm³/mol. The molecule has 1 heterocycles. The number of halogens is 1. The van der Waals surface area contributed by atoms with Crippen molar-refractivity contribution in [3.8, 4) is 0 Å². The lowest BCUT2D eigenvalue weighted by molar-refractivity contribution is 0.151. The van der Waals surface area contributed by atoms with E-state index in [0.29, 0.717) is 32.7 Å². The van der Waals surface area contributed by atoms with Gasteiger partial charge in [0, 0.05) is 37.2 Å². The summed E-state index contributed by atoms with van der Waals surface area (Å²) in [5, 5.41) is 8.89. The summed E-state index contributed by atoms with van der Waals surface area (Å²) in [6.45, 7) is 2.74.